The summed E-state index contributed by atoms with van der Waals surface area (Å²) in [6.07, 6.45) is 1.29. The van der Waals surface area contributed by atoms with Crippen LogP contribution in [0.15, 0.2) is 40.9 Å². The molecule has 0 aliphatic carbocycles. The fourth-order valence-electron chi connectivity index (χ4n) is 2.46. The second-order valence-corrected chi connectivity index (χ2v) is 6.34. The van der Waals surface area contributed by atoms with Gasteiger partial charge in [0.2, 0.25) is 5.91 Å². The van der Waals surface area contributed by atoms with Gasteiger partial charge in [-0.1, -0.05) is 34.1 Å². The summed E-state index contributed by atoms with van der Waals surface area (Å²) in [6, 6.07) is 10.2. The zero-order valence-corrected chi connectivity index (χ0v) is 15.9. The van der Waals surface area contributed by atoms with E-state index in [0.29, 0.717) is 36.4 Å². The fraction of sp³-hybridized carbons (Fsp3) is 0.316. The van der Waals surface area contributed by atoms with Crippen LogP contribution in [-0.2, 0) is 17.6 Å². The van der Waals surface area contributed by atoms with E-state index in [2.05, 4.69) is 21.2 Å². The van der Waals surface area contributed by atoms with E-state index in [4.69, 9.17) is 9.47 Å². The molecule has 0 fully saturated rings. The first-order valence-electron chi connectivity index (χ1n) is 7.95. The number of nitrogens with one attached hydrogen (secondary N) is 1. The lowest BCUT2D eigenvalue weighted by Gasteiger charge is -2.12. The highest BCUT2D eigenvalue weighted by molar-refractivity contribution is 9.10. The summed E-state index contributed by atoms with van der Waals surface area (Å²) in [5.74, 6) is 0.919. The van der Waals surface area contributed by atoms with Crippen molar-refractivity contribution in [1.29, 1.82) is 0 Å². The molecule has 25 heavy (non-hydrogen) atoms. The number of benzene rings is 2. The minimum Gasteiger partial charge on any atom is -0.493 e. The predicted octanol–water partition coefficient (Wildman–Crippen LogP) is 3.90. The Hall–Kier alpha value is -2.08. The number of ether oxygens (including phenoxy) is 2. The van der Waals surface area contributed by atoms with Crippen LogP contribution < -0.4 is 14.8 Å². The van der Waals surface area contributed by atoms with Crippen LogP contribution in [0.25, 0.3) is 0 Å². The summed E-state index contributed by atoms with van der Waals surface area (Å²) in [6.45, 7) is 0.490. The lowest BCUT2D eigenvalue weighted by Crippen LogP contribution is -2.26. The second-order valence-electron chi connectivity index (χ2n) is 5.49. The third-order valence-electron chi connectivity index (χ3n) is 3.85. The standard InChI is InChI=1S/C19H21BrFNO3/c1-24-17-11-14(15(20)12-18(17)25-2)9-10-22-19(23)8-7-13-5-3-4-6-16(13)21/h3-6,11-12H,7-10H2,1-2H3,(H,22,23). The summed E-state index contributed by atoms with van der Waals surface area (Å²) in [4.78, 5) is 11.9. The lowest BCUT2D eigenvalue weighted by molar-refractivity contribution is -0.121. The van der Waals surface area contributed by atoms with E-state index in [1.165, 1.54) is 6.07 Å². The number of rotatable bonds is 8. The molecule has 2 aromatic rings. The van der Waals surface area contributed by atoms with Crippen LogP contribution in [-0.4, -0.2) is 26.7 Å². The third kappa shape index (κ3) is 5.46. The molecule has 0 saturated carbocycles. The number of hydrogen-bond donors (Lipinski definition) is 1. The van der Waals surface area contributed by atoms with E-state index in [0.717, 1.165) is 10.0 Å². The lowest BCUT2D eigenvalue weighted by atomic mass is 10.1. The number of amides is 1. The molecule has 0 bridgehead atoms. The first-order chi connectivity index (χ1) is 12.0. The van der Waals surface area contributed by atoms with Crippen LogP contribution in [0, 0.1) is 5.82 Å². The number of carbonyl (C=O) groups is 1. The van der Waals surface area contributed by atoms with Gasteiger partial charge in [-0.25, -0.2) is 4.39 Å². The Labute approximate surface area is 155 Å². The van der Waals surface area contributed by atoms with Gasteiger partial charge in [-0.05, 0) is 42.2 Å². The van der Waals surface area contributed by atoms with Gasteiger partial charge in [0.25, 0.3) is 0 Å². The quantitative estimate of drug-likeness (QED) is 0.718. The first-order valence-corrected chi connectivity index (χ1v) is 8.75. The number of methoxy groups -OCH3 is 2. The Kier molecular flexibility index (Phi) is 7.25. The molecule has 6 heteroatoms. The topological polar surface area (TPSA) is 47.6 Å². The van der Waals surface area contributed by atoms with Crippen molar-refractivity contribution in [1.82, 2.24) is 5.32 Å². The molecule has 0 atom stereocenters. The molecule has 0 spiro atoms. The summed E-state index contributed by atoms with van der Waals surface area (Å²) in [5, 5.41) is 2.86. The summed E-state index contributed by atoms with van der Waals surface area (Å²) < 4.78 is 25.0. The van der Waals surface area contributed by atoms with Gasteiger partial charge in [0, 0.05) is 17.4 Å². The number of halogens is 2. The maximum absolute atomic E-state index is 13.5. The molecule has 0 saturated heterocycles. The van der Waals surface area contributed by atoms with E-state index in [9.17, 15) is 9.18 Å². The van der Waals surface area contributed by atoms with Crippen LogP contribution in [0.2, 0.25) is 0 Å². The Morgan fingerprint density at radius 3 is 2.44 bits per heavy atom. The third-order valence-corrected chi connectivity index (χ3v) is 4.59. The maximum atomic E-state index is 13.5. The highest BCUT2D eigenvalue weighted by Gasteiger charge is 2.10. The Bertz CT molecular complexity index is 737. The summed E-state index contributed by atoms with van der Waals surface area (Å²) >= 11 is 3.50. The minimum absolute atomic E-state index is 0.0974. The van der Waals surface area contributed by atoms with Crippen molar-refractivity contribution < 1.29 is 18.7 Å². The largest absolute Gasteiger partial charge is 0.493 e. The summed E-state index contributed by atoms with van der Waals surface area (Å²) in [5.41, 5.74) is 1.56. The molecule has 0 radical (unpaired) electrons. The molecular weight excluding hydrogens is 389 g/mol. The molecule has 4 nitrogen and oxygen atoms in total. The monoisotopic (exact) mass is 409 g/mol. The van der Waals surface area contributed by atoms with Gasteiger partial charge >= 0.3 is 0 Å². The molecule has 2 rings (SSSR count). The highest BCUT2D eigenvalue weighted by Crippen LogP contribution is 2.33. The molecule has 134 valence electrons. The van der Waals surface area contributed by atoms with E-state index in [-0.39, 0.29) is 18.1 Å². The van der Waals surface area contributed by atoms with E-state index in [1.54, 1.807) is 32.4 Å². The van der Waals surface area contributed by atoms with Gasteiger partial charge in [0.1, 0.15) is 5.82 Å². The summed E-state index contributed by atoms with van der Waals surface area (Å²) in [7, 11) is 3.17. The van der Waals surface area contributed by atoms with E-state index >= 15 is 0 Å². The Morgan fingerprint density at radius 2 is 1.76 bits per heavy atom. The van der Waals surface area contributed by atoms with Gasteiger partial charge in [-0.3, -0.25) is 4.79 Å². The molecule has 0 aromatic heterocycles. The molecular formula is C19H21BrFNO3. The Morgan fingerprint density at radius 1 is 1.08 bits per heavy atom. The molecule has 0 aliphatic rings. The van der Waals surface area contributed by atoms with Crippen molar-refractivity contribution in [2.75, 3.05) is 20.8 Å². The van der Waals surface area contributed by atoms with Crippen molar-refractivity contribution in [3.8, 4) is 11.5 Å². The smallest absolute Gasteiger partial charge is 0.220 e. The SMILES string of the molecule is COc1cc(Br)c(CCNC(=O)CCc2ccccc2F)cc1OC. The molecule has 2 aromatic carbocycles. The van der Waals surface area contributed by atoms with E-state index in [1.807, 2.05) is 12.1 Å². The molecule has 0 aliphatic heterocycles. The van der Waals surface area contributed by atoms with Gasteiger partial charge in [0.05, 0.1) is 14.2 Å². The maximum Gasteiger partial charge on any atom is 0.220 e. The van der Waals surface area contributed by atoms with Crippen LogP contribution >= 0.6 is 15.9 Å². The average molecular weight is 410 g/mol. The molecule has 1 amide bonds. The highest BCUT2D eigenvalue weighted by atomic mass is 79.9. The van der Waals surface area contributed by atoms with Crippen molar-refractivity contribution in [2.45, 2.75) is 19.3 Å². The zero-order valence-electron chi connectivity index (χ0n) is 14.3. The van der Waals surface area contributed by atoms with Crippen LogP contribution in [0.3, 0.4) is 0 Å². The number of carbonyl (C=O) groups excluding carboxylic acids is 1. The van der Waals surface area contributed by atoms with Crippen LogP contribution in [0.5, 0.6) is 11.5 Å². The van der Waals surface area contributed by atoms with E-state index < -0.39 is 0 Å². The normalized spacial score (nSPS) is 10.4. The van der Waals surface area contributed by atoms with Gasteiger partial charge in [-0.15, -0.1) is 0 Å². The van der Waals surface area contributed by atoms with Gasteiger partial charge in [-0.2, -0.15) is 0 Å². The minimum atomic E-state index is -0.274. The Balaban J connectivity index is 1.84. The van der Waals surface area contributed by atoms with Crippen molar-refractivity contribution >= 4 is 21.8 Å². The van der Waals surface area contributed by atoms with Crippen LogP contribution in [0.1, 0.15) is 17.5 Å². The second kappa shape index (κ2) is 9.42. The van der Waals surface area contributed by atoms with Crippen LogP contribution in [0.4, 0.5) is 4.39 Å². The first kappa shape index (κ1) is 19.2. The zero-order chi connectivity index (χ0) is 18.2. The van der Waals surface area contributed by atoms with Crippen molar-refractivity contribution in [2.24, 2.45) is 0 Å². The number of hydrogen-bond acceptors (Lipinski definition) is 3. The van der Waals surface area contributed by atoms with Gasteiger partial charge < -0.3 is 14.8 Å². The van der Waals surface area contributed by atoms with Crippen molar-refractivity contribution in [3.05, 3.63) is 57.8 Å². The predicted molar refractivity (Wildman–Crippen MR) is 98.7 cm³/mol. The molecule has 1 N–H and O–H groups in total. The molecule has 0 heterocycles. The molecule has 0 unspecified atom stereocenters. The van der Waals surface area contributed by atoms with Gasteiger partial charge in [0.15, 0.2) is 11.5 Å². The fourth-order valence-corrected chi connectivity index (χ4v) is 2.98. The average Bonchev–Trinajstić information content (AvgIpc) is 2.62. The number of aryl methyl sites for hydroxylation is 1. The van der Waals surface area contributed by atoms with Crippen molar-refractivity contribution in [3.63, 3.8) is 0 Å².